The van der Waals surface area contributed by atoms with E-state index in [2.05, 4.69) is 11.1 Å². The number of oxazole rings is 1. The molecular formula is C12H11NO2. The molecule has 0 atom stereocenters. The zero-order valence-corrected chi connectivity index (χ0v) is 8.43. The van der Waals surface area contributed by atoms with E-state index in [1.807, 2.05) is 25.1 Å². The monoisotopic (exact) mass is 201 g/mol. The molecule has 15 heavy (non-hydrogen) atoms. The Balaban J connectivity index is 2.18. The molecule has 0 saturated heterocycles. The van der Waals surface area contributed by atoms with E-state index in [-0.39, 0.29) is 5.76 Å². The minimum atomic E-state index is 0.276. The van der Waals surface area contributed by atoms with Gasteiger partial charge in [-0.15, -0.1) is 0 Å². The third-order valence-corrected chi connectivity index (χ3v) is 2.13. The van der Waals surface area contributed by atoms with Crippen molar-refractivity contribution < 1.29 is 9.21 Å². The fraction of sp³-hybridized carbons (Fsp3) is 0.167. The molecule has 3 heteroatoms. The molecule has 0 saturated carbocycles. The lowest BCUT2D eigenvalue weighted by Crippen LogP contribution is -1.88. The second-order valence-electron chi connectivity index (χ2n) is 3.44. The van der Waals surface area contributed by atoms with E-state index < -0.39 is 0 Å². The average molecular weight is 201 g/mol. The van der Waals surface area contributed by atoms with Gasteiger partial charge in [-0.2, -0.15) is 0 Å². The van der Waals surface area contributed by atoms with Crippen molar-refractivity contribution in [3.05, 3.63) is 53.2 Å². The second kappa shape index (κ2) is 4.09. The normalized spacial score (nSPS) is 10.2. The van der Waals surface area contributed by atoms with E-state index >= 15 is 0 Å². The van der Waals surface area contributed by atoms with Crippen molar-refractivity contribution in [1.82, 2.24) is 4.98 Å². The Morgan fingerprint density at radius 2 is 2.33 bits per heavy atom. The van der Waals surface area contributed by atoms with Crippen LogP contribution in [0.1, 0.15) is 27.6 Å². The van der Waals surface area contributed by atoms with Crippen molar-refractivity contribution in [2.45, 2.75) is 13.3 Å². The maximum absolute atomic E-state index is 10.4. The van der Waals surface area contributed by atoms with Gasteiger partial charge in [0.1, 0.15) is 0 Å². The predicted octanol–water partition coefficient (Wildman–Crippen LogP) is 2.39. The van der Waals surface area contributed by atoms with E-state index in [1.54, 1.807) is 0 Å². The van der Waals surface area contributed by atoms with Crippen LogP contribution in [-0.2, 0) is 6.42 Å². The van der Waals surface area contributed by atoms with Gasteiger partial charge in [-0.25, -0.2) is 4.98 Å². The van der Waals surface area contributed by atoms with Crippen LogP contribution in [0.5, 0.6) is 0 Å². The number of benzene rings is 1. The molecule has 0 bridgehead atoms. The first kappa shape index (κ1) is 9.65. The number of hydrogen-bond acceptors (Lipinski definition) is 3. The van der Waals surface area contributed by atoms with Crippen LogP contribution in [0.4, 0.5) is 0 Å². The number of aryl methyl sites for hydroxylation is 1. The highest BCUT2D eigenvalue weighted by Crippen LogP contribution is 2.10. The first-order chi connectivity index (χ1) is 7.28. The molecule has 0 amide bonds. The maximum Gasteiger partial charge on any atom is 0.199 e. The third-order valence-electron chi connectivity index (χ3n) is 2.13. The largest absolute Gasteiger partial charge is 0.438 e. The van der Waals surface area contributed by atoms with E-state index in [1.165, 1.54) is 11.8 Å². The van der Waals surface area contributed by atoms with E-state index in [9.17, 15) is 4.79 Å². The SMILES string of the molecule is Cc1cccc(Cc2ncc(C=O)o2)c1. The van der Waals surface area contributed by atoms with Crippen molar-refractivity contribution in [3.8, 4) is 0 Å². The molecule has 0 fully saturated rings. The molecular weight excluding hydrogens is 190 g/mol. The topological polar surface area (TPSA) is 43.1 Å². The minimum Gasteiger partial charge on any atom is -0.438 e. The summed E-state index contributed by atoms with van der Waals surface area (Å²) < 4.78 is 5.20. The number of carbonyl (C=O) groups excluding carboxylic acids is 1. The van der Waals surface area contributed by atoms with Crippen LogP contribution < -0.4 is 0 Å². The number of carbonyl (C=O) groups is 1. The van der Waals surface area contributed by atoms with Crippen molar-refractivity contribution >= 4 is 6.29 Å². The Morgan fingerprint density at radius 1 is 1.47 bits per heavy atom. The van der Waals surface area contributed by atoms with Crippen molar-refractivity contribution in [2.75, 3.05) is 0 Å². The van der Waals surface area contributed by atoms with Crippen LogP contribution in [0, 0.1) is 6.92 Å². The van der Waals surface area contributed by atoms with Gasteiger partial charge in [0.25, 0.3) is 0 Å². The van der Waals surface area contributed by atoms with Crippen LogP contribution >= 0.6 is 0 Å². The molecule has 0 aliphatic carbocycles. The van der Waals surface area contributed by atoms with Gasteiger partial charge in [-0.1, -0.05) is 29.8 Å². The van der Waals surface area contributed by atoms with Gasteiger partial charge in [0.2, 0.25) is 0 Å². The fourth-order valence-corrected chi connectivity index (χ4v) is 1.46. The summed E-state index contributed by atoms with van der Waals surface area (Å²) in [7, 11) is 0. The summed E-state index contributed by atoms with van der Waals surface area (Å²) in [6.45, 7) is 2.04. The predicted molar refractivity (Wildman–Crippen MR) is 55.9 cm³/mol. The lowest BCUT2D eigenvalue weighted by Gasteiger charge is -1.98. The average Bonchev–Trinajstić information content (AvgIpc) is 2.65. The number of hydrogen-bond donors (Lipinski definition) is 0. The second-order valence-corrected chi connectivity index (χ2v) is 3.44. The standard InChI is InChI=1S/C12H11NO2/c1-9-3-2-4-10(5-9)6-12-13-7-11(8-14)15-12/h2-5,7-8H,6H2,1H3. The van der Waals surface area contributed by atoms with Crippen molar-refractivity contribution in [1.29, 1.82) is 0 Å². The van der Waals surface area contributed by atoms with Gasteiger partial charge >= 0.3 is 0 Å². The molecule has 0 spiro atoms. The van der Waals surface area contributed by atoms with Gasteiger partial charge in [0.05, 0.1) is 6.20 Å². The van der Waals surface area contributed by atoms with Gasteiger partial charge in [0, 0.05) is 6.42 Å². The van der Waals surface area contributed by atoms with E-state index in [0.717, 1.165) is 5.56 Å². The smallest absolute Gasteiger partial charge is 0.199 e. The lowest BCUT2D eigenvalue weighted by atomic mass is 10.1. The van der Waals surface area contributed by atoms with E-state index in [4.69, 9.17) is 4.42 Å². The Morgan fingerprint density at radius 3 is 3.00 bits per heavy atom. The molecule has 1 aromatic carbocycles. The molecule has 0 aliphatic heterocycles. The summed E-state index contributed by atoms with van der Waals surface area (Å²) in [6.07, 6.45) is 2.72. The Labute approximate surface area is 87.8 Å². The first-order valence-corrected chi connectivity index (χ1v) is 4.73. The summed E-state index contributed by atoms with van der Waals surface area (Å²) in [5, 5.41) is 0. The summed E-state index contributed by atoms with van der Waals surface area (Å²) in [5.41, 5.74) is 2.34. The molecule has 0 unspecified atom stereocenters. The molecule has 1 heterocycles. The number of nitrogens with zero attached hydrogens (tertiary/aromatic N) is 1. The molecule has 2 rings (SSSR count). The summed E-state index contributed by atoms with van der Waals surface area (Å²) in [5.74, 6) is 0.848. The summed E-state index contributed by atoms with van der Waals surface area (Å²) >= 11 is 0. The number of rotatable bonds is 3. The van der Waals surface area contributed by atoms with Crippen molar-refractivity contribution in [2.24, 2.45) is 0 Å². The highest BCUT2D eigenvalue weighted by atomic mass is 16.4. The Kier molecular flexibility index (Phi) is 2.63. The fourth-order valence-electron chi connectivity index (χ4n) is 1.46. The molecule has 0 N–H and O–H groups in total. The highest BCUT2D eigenvalue weighted by molar-refractivity contribution is 5.69. The minimum absolute atomic E-state index is 0.276. The number of aromatic nitrogens is 1. The molecule has 3 nitrogen and oxygen atoms in total. The molecule has 2 aromatic rings. The lowest BCUT2D eigenvalue weighted by molar-refractivity contribution is 0.109. The number of aldehydes is 1. The van der Waals surface area contributed by atoms with E-state index in [0.29, 0.717) is 18.6 Å². The molecule has 76 valence electrons. The van der Waals surface area contributed by atoms with Gasteiger partial charge in [-0.05, 0) is 12.5 Å². The van der Waals surface area contributed by atoms with Crippen LogP contribution in [0.15, 0.2) is 34.9 Å². The van der Waals surface area contributed by atoms with Crippen molar-refractivity contribution in [3.63, 3.8) is 0 Å². The molecule has 1 aromatic heterocycles. The zero-order valence-electron chi connectivity index (χ0n) is 8.43. The maximum atomic E-state index is 10.4. The third kappa shape index (κ3) is 2.31. The van der Waals surface area contributed by atoms with Crippen LogP contribution in [-0.4, -0.2) is 11.3 Å². The first-order valence-electron chi connectivity index (χ1n) is 4.73. The van der Waals surface area contributed by atoms with Gasteiger partial charge in [-0.3, -0.25) is 4.79 Å². The molecule has 0 radical (unpaired) electrons. The zero-order chi connectivity index (χ0) is 10.7. The van der Waals surface area contributed by atoms with Crippen LogP contribution in [0.2, 0.25) is 0 Å². The summed E-state index contributed by atoms with van der Waals surface area (Å²) in [4.78, 5) is 14.4. The van der Waals surface area contributed by atoms with Gasteiger partial charge in [0.15, 0.2) is 17.9 Å². The molecule has 0 aliphatic rings. The Hall–Kier alpha value is -1.90. The van der Waals surface area contributed by atoms with Gasteiger partial charge < -0.3 is 4.42 Å². The summed E-state index contributed by atoms with van der Waals surface area (Å²) in [6, 6.07) is 8.12. The van der Waals surface area contributed by atoms with Crippen LogP contribution in [0.25, 0.3) is 0 Å². The highest BCUT2D eigenvalue weighted by Gasteiger charge is 2.03. The quantitative estimate of drug-likeness (QED) is 0.716. The van der Waals surface area contributed by atoms with Crippen LogP contribution in [0.3, 0.4) is 0 Å². The Bertz CT molecular complexity index is 474.